The van der Waals surface area contributed by atoms with Crippen LogP contribution in [-0.2, 0) is 29.8 Å². The zero-order valence-electron chi connectivity index (χ0n) is 14.8. The van der Waals surface area contributed by atoms with Crippen LogP contribution in [0.4, 0.5) is 0 Å². The Hall–Kier alpha value is -0.606. The van der Waals surface area contributed by atoms with E-state index in [2.05, 4.69) is 58.7 Å². The minimum atomic E-state index is 0.620. The van der Waals surface area contributed by atoms with Gasteiger partial charge < -0.3 is 15.0 Å². The van der Waals surface area contributed by atoms with Gasteiger partial charge in [0.25, 0.3) is 0 Å². The molecule has 1 N–H and O–H groups in total. The van der Waals surface area contributed by atoms with Crippen LogP contribution in [0.2, 0.25) is 0 Å². The predicted molar refractivity (Wildman–Crippen MR) is 94.5 cm³/mol. The van der Waals surface area contributed by atoms with Crippen LogP contribution in [0.5, 0.6) is 5.75 Å². The molecule has 0 aromatic heterocycles. The van der Waals surface area contributed by atoms with E-state index in [1.807, 2.05) is 0 Å². The fourth-order valence-electron chi connectivity index (χ4n) is 4.01. The first-order valence-electron chi connectivity index (χ1n) is 8.59. The Balaban J connectivity index is 0.000000924. The van der Waals surface area contributed by atoms with Crippen LogP contribution in [0, 0.1) is 0 Å². The molecule has 0 saturated carbocycles. The van der Waals surface area contributed by atoms with Crippen LogP contribution >= 0.6 is 0 Å². The number of nitrogens with one attached hydrogen (secondary N) is 1. The summed E-state index contributed by atoms with van der Waals surface area (Å²) in [6.45, 7) is 2.45. The SMILES string of the molecule is CNC1CCc2c(OC)ccc(C3CCN(C)CC3)c2C1.[CH2]=[V]. The molecule has 2 aliphatic rings. The molecule has 3 nitrogen and oxygen atoms in total. The van der Waals surface area contributed by atoms with Crippen molar-refractivity contribution in [3.63, 3.8) is 0 Å². The van der Waals surface area contributed by atoms with Crippen molar-refractivity contribution in [2.24, 2.45) is 0 Å². The second-order valence-corrected chi connectivity index (χ2v) is 6.62. The first-order chi connectivity index (χ1) is 11.2. The summed E-state index contributed by atoms with van der Waals surface area (Å²) in [5, 5.41) is 6.66. The van der Waals surface area contributed by atoms with E-state index in [0.29, 0.717) is 6.04 Å². The van der Waals surface area contributed by atoms with E-state index in [9.17, 15) is 0 Å². The van der Waals surface area contributed by atoms with Gasteiger partial charge >= 0.3 is 22.2 Å². The third-order valence-corrected chi connectivity index (χ3v) is 5.40. The van der Waals surface area contributed by atoms with E-state index in [0.717, 1.165) is 24.5 Å². The van der Waals surface area contributed by atoms with E-state index in [4.69, 9.17) is 4.74 Å². The minimum absolute atomic E-state index is 0.620. The second kappa shape index (κ2) is 9.03. The topological polar surface area (TPSA) is 24.5 Å². The number of hydrogen-bond acceptors (Lipinski definition) is 3. The summed E-state index contributed by atoms with van der Waals surface area (Å²) in [5.74, 6) is 1.83. The first-order valence-corrected chi connectivity index (χ1v) is 9.57. The molecule has 0 spiro atoms. The normalized spacial score (nSPS) is 21.9. The monoisotopic (exact) mass is 353 g/mol. The molecule has 23 heavy (non-hydrogen) atoms. The third kappa shape index (κ3) is 4.27. The summed E-state index contributed by atoms with van der Waals surface area (Å²) in [6.07, 6.45) is 6.10. The van der Waals surface area contributed by atoms with Gasteiger partial charge in [-0.1, -0.05) is 6.07 Å². The van der Waals surface area contributed by atoms with Crippen LogP contribution < -0.4 is 10.1 Å². The molecule has 0 amide bonds. The van der Waals surface area contributed by atoms with Crippen molar-refractivity contribution in [3.8, 4) is 5.75 Å². The fraction of sp³-hybridized carbons (Fsp3) is 0.632. The molecular formula is C19H30N2OV. The number of likely N-dealkylation sites (tertiary alicyclic amines) is 1. The summed E-state index contributed by atoms with van der Waals surface area (Å²) < 4.78 is 5.61. The number of fused-ring (bicyclic) bond motifs is 1. The average molecular weight is 353 g/mol. The molecule has 1 aromatic carbocycles. The zero-order valence-corrected chi connectivity index (χ0v) is 16.2. The maximum atomic E-state index is 5.61. The van der Waals surface area contributed by atoms with Gasteiger partial charge in [-0.2, -0.15) is 0 Å². The number of piperidine rings is 1. The van der Waals surface area contributed by atoms with Crippen LogP contribution in [0.3, 0.4) is 0 Å². The van der Waals surface area contributed by atoms with Gasteiger partial charge in [0, 0.05) is 6.04 Å². The molecule has 1 unspecified atom stereocenters. The predicted octanol–water partition coefficient (Wildman–Crippen LogP) is 2.55. The summed E-state index contributed by atoms with van der Waals surface area (Å²) in [6, 6.07) is 5.16. The van der Waals surface area contributed by atoms with Crippen LogP contribution in [0.15, 0.2) is 12.1 Å². The molecule has 0 bridgehead atoms. The van der Waals surface area contributed by atoms with Crippen molar-refractivity contribution in [3.05, 3.63) is 28.8 Å². The standard InChI is InChI=1S/C18H28N2O.CH2.V/c1-19-14-4-5-16-17(12-14)15(6-7-18(16)21-3)13-8-10-20(2)11-9-13;;/h6-7,13-14,19H,4-5,8-12H2,1-3H3;1H2;. The molecule has 1 aromatic rings. The van der Waals surface area contributed by atoms with Crippen LogP contribution in [-0.4, -0.2) is 50.5 Å². The zero-order chi connectivity index (χ0) is 16.8. The van der Waals surface area contributed by atoms with Crippen molar-refractivity contribution < 1.29 is 21.7 Å². The third-order valence-electron chi connectivity index (χ3n) is 5.40. The molecular weight excluding hydrogens is 323 g/mol. The Morgan fingerprint density at radius 2 is 1.87 bits per heavy atom. The Morgan fingerprint density at radius 1 is 1.17 bits per heavy atom. The first kappa shape index (κ1) is 18.7. The van der Waals surface area contributed by atoms with Crippen molar-refractivity contribution in [2.45, 2.75) is 44.1 Å². The van der Waals surface area contributed by atoms with Crippen molar-refractivity contribution in [1.82, 2.24) is 10.2 Å². The van der Waals surface area contributed by atoms with E-state index in [-0.39, 0.29) is 0 Å². The second-order valence-electron chi connectivity index (χ2n) is 6.62. The van der Waals surface area contributed by atoms with Gasteiger partial charge in [0.2, 0.25) is 0 Å². The number of rotatable bonds is 3. The molecule has 0 radical (unpaired) electrons. The van der Waals surface area contributed by atoms with E-state index >= 15 is 0 Å². The number of likely N-dealkylation sites (N-methyl/N-ethyl adjacent to an activating group) is 1. The summed E-state index contributed by atoms with van der Waals surface area (Å²) in [5.41, 5.74) is 4.65. The van der Waals surface area contributed by atoms with Crippen molar-refractivity contribution in [1.29, 1.82) is 0 Å². The number of methoxy groups -OCH3 is 1. The fourth-order valence-corrected chi connectivity index (χ4v) is 4.01. The molecule has 1 heterocycles. The summed E-state index contributed by atoms with van der Waals surface area (Å²) in [7, 11) is 6.12. The van der Waals surface area contributed by atoms with E-state index in [1.165, 1.54) is 37.9 Å². The van der Waals surface area contributed by atoms with Gasteiger partial charge in [0.1, 0.15) is 5.75 Å². The molecule has 1 atom stereocenters. The van der Waals surface area contributed by atoms with Crippen LogP contribution in [0.1, 0.15) is 41.9 Å². The number of nitrogens with zero attached hydrogens (tertiary/aromatic N) is 1. The molecule has 127 valence electrons. The maximum absolute atomic E-state index is 5.61. The van der Waals surface area contributed by atoms with Gasteiger partial charge in [0.05, 0.1) is 7.11 Å². The van der Waals surface area contributed by atoms with Gasteiger partial charge in [-0.05, 0) is 88.0 Å². The molecule has 3 rings (SSSR count). The Bertz CT molecular complexity index is 512. The quantitative estimate of drug-likeness (QED) is 0.904. The Labute approximate surface area is 150 Å². The molecule has 1 aliphatic carbocycles. The summed E-state index contributed by atoms with van der Waals surface area (Å²) >= 11 is 2.06. The van der Waals surface area contributed by atoms with Gasteiger partial charge in [-0.15, -0.1) is 0 Å². The average Bonchev–Trinajstić information content (AvgIpc) is 2.62. The molecule has 1 aliphatic heterocycles. The summed E-state index contributed by atoms with van der Waals surface area (Å²) in [4.78, 5) is 2.45. The van der Waals surface area contributed by atoms with Gasteiger partial charge in [-0.3, -0.25) is 0 Å². The number of hydrogen-bond donors (Lipinski definition) is 1. The molecule has 4 heteroatoms. The Kier molecular flexibility index (Phi) is 7.35. The Morgan fingerprint density at radius 3 is 2.48 bits per heavy atom. The van der Waals surface area contributed by atoms with Crippen molar-refractivity contribution >= 4 is 5.23 Å². The van der Waals surface area contributed by atoms with Gasteiger partial charge in [0.15, 0.2) is 0 Å². The van der Waals surface area contributed by atoms with E-state index in [1.54, 1.807) is 18.2 Å². The number of benzene rings is 1. The number of ether oxygens (including phenoxy) is 1. The van der Waals surface area contributed by atoms with Gasteiger partial charge in [-0.25, -0.2) is 0 Å². The molecule has 1 fully saturated rings. The van der Waals surface area contributed by atoms with E-state index < -0.39 is 0 Å². The molecule has 1 saturated heterocycles. The van der Waals surface area contributed by atoms with Crippen molar-refractivity contribution in [2.75, 3.05) is 34.3 Å². The van der Waals surface area contributed by atoms with Crippen LogP contribution in [0.25, 0.3) is 0 Å².